The fourth-order valence-corrected chi connectivity index (χ4v) is 2.77. The minimum Gasteiger partial charge on any atom is -0.340 e. The van der Waals surface area contributed by atoms with Crippen LogP contribution in [0.5, 0.6) is 0 Å². The van der Waals surface area contributed by atoms with Crippen LogP contribution in [-0.4, -0.2) is 33.6 Å². The summed E-state index contributed by atoms with van der Waals surface area (Å²) in [4.78, 5) is 57.6. The molecule has 0 saturated carbocycles. The van der Waals surface area contributed by atoms with Crippen LogP contribution < -0.4 is 16.2 Å². The number of halogens is 1. The number of hydrogen-bond acceptors (Lipinski definition) is 7. The number of carbonyl (C=O) groups excluding carboxylic acids is 3. The highest BCUT2D eigenvalue weighted by molar-refractivity contribution is 6.32. The second kappa shape index (κ2) is 10.3. The maximum atomic E-state index is 12.5. The highest BCUT2D eigenvalue weighted by atomic mass is 35.5. The third-order valence-corrected chi connectivity index (χ3v) is 4.58. The number of benzene rings is 2. The molecule has 0 aliphatic heterocycles. The van der Waals surface area contributed by atoms with Crippen LogP contribution in [0.25, 0.3) is 0 Å². The smallest absolute Gasteiger partial charge is 0.288 e. The van der Waals surface area contributed by atoms with Gasteiger partial charge in [-0.3, -0.25) is 45.5 Å². The summed E-state index contributed by atoms with van der Waals surface area (Å²) in [7, 11) is 0. The Bertz CT molecular complexity index is 1090. The van der Waals surface area contributed by atoms with Crippen LogP contribution in [0.15, 0.2) is 42.5 Å². The summed E-state index contributed by atoms with van der Waals surface area (Å²) in [6, 6.07) is 7.22. The molecule has 13 heteroatoms. The molecule has 0 heterocycles. The van der Waals surface area contributed by atoms with E-state index in [0.717, 1.165) is 12.1 Å². The van der Waals surface area contributed by atoms with Gasteiger partial charge in [-0.05, 0) is 24.1 Å². The lowest BCUT2D eigenvalue weighted by atomic mass is 10.0. The molecule has 12 nitrogen and oxygen atoms in total. The zero-order valence-corrected chi connectivity index (χ0v) is 17.6. The lowest BCUT2D eigenvalue weighted by Gasteiger charge is -2.22. The third-order valence-electron chi connectivity index (χ3n) is 4.26. The van der Waals surface area contributed by atoms with Crippen molar-refractivity contribution in [3.8, 4) is 0 Å². The second-order valence-electron chi connectivity index (χ2n) is 6.87. The Morgan fingerprint density at radius 3 is 2.16 bits per heavy atom. The van der Waals surface area contributed by atoms with Gasteiger partial charge in [0.15, 0.2) is 0 Å². The molecule has 0 fully saturated rings. The molecule has 2 rings (SSSR count). The molecule has 32 heavy (non-hydrogen) atoms. The number of hydrogen-bond donors (Lipinski definition) is 3. The lowest BCUT2D eigenvalue weighted by molar-refractivity contribution is -0.385. The highest BCUT2D eigenvalue weighted by Crippen LogP contribution is 2.25. The van der Waals surface area contributed by atoms with Gasteiger partial charge in [-0.1, -0.05) is 31.5 Å². The van der Waals surface area contributed by atoms with Gasteiger partial charge < -0.3 is 5.32 Å². The second-order valence-corrected chi connectivity index (χ2v) is 7.28. The van der Waals surface area contributed by atoms with E-state index in [1.54, 1.807) is 13.8 Å². The van der Waals surface area contributed by atoms with Gasteiger partial charge in [0.25, 0.3) is 29.1 Å². The fraction of sp³-hybridized carbons (Fsp3) is 0.211. The minimum absolute atomic E-state index is 0.0573. The van der Waals surface area contributed by atoms with Crippen molar-refractivity contribution in [2.45, 2.75) is 19.9 Å². The van der Waals surface area contributed by atoms with Crippen molar-refractivity contribution < 1.29 is 24.2 Å². The Labute approximate surface area is 186 Å². The molecule has 1 atom stereocenters. The van der Waals surface area contributed by atoms with Crippen molar-refractivity contribution in [1.29, 1.82) is 0 Å². The number of nitro benzene ring substituents is 2. The van der Waals surface area contributed by atoms with E-state index in [2.05, 4.69) is 16.2 Å². The quantitative estimate of drug-likeness (QED) is 0.417. The molecule has 2 aromatic rings. The van der Waals surface area contributed by atoms with Crippen molar-refractivity contribution in [2.75, 3.05) is 0 Å². The van der Waals surface area contributed by atoms with Crippen LogP contribution in [0.2, 0.25) is 5.02 Å². The van der Waals surface area contributed by atoms with Crippen LogP contribution in [0.1, 0.15) is 34.6 Å². The number of carbonyl (C=O) groups is 3. The number of amides is 3. The van der Waals surface area contributed by atoms with Gasteiger partial charge in [-0.2, -0.15) is 0 Å². The van der Waals surface area contributed by atoms with Crippen LogP contribution >= 0.6 is 11.6 Å². The first-order valence-electron chi connectivity index (χ1n) is 9.10. The molecule has 3 amide bonds. The largest absolute Gasteiger partial charge is 0.340 e. The SMILES string of the molecule is CC(C)C(NC(=O)c1ccc(Cl)c([N+](=O)[O-])c1)C(=O)NNC(=O)c1cccc([N+](=O)[O-])c1. The van der Waals surface area contributed by atoms with Crippen molar-refractivity contribution >= 4 is 40.7 Å². The predicted molar refractivity (Wildman–Crippen MR) is 113 cm³/mol. The maximum absolute atomic E-state index is 12.5. The number of nitrogens with zero attached hydrogens (tertiary/aromatic N) is 2. The molecule has 0 spiro atoms. The first-order valence-corrected chi connectivity index (χ1v) is 9.48. The predicted octanol–water partition coefficient (Wildman–Crippen LogP) is 2.37. The zero-order chi connectivity index (χ0) is 24.0. The molecular weight excluding hydrogens is 446 g/mol. The zero-order valence-electron chi connectivity index (χ0n) is 16.8. The van der Waals surface area contributed by atoms with Crippen LogP contribution in [0, 0.1) is 26.1 Å². The van der Waals surface area contributed by atoms with Crippen LogP contribution in [0.3, 0.4) is 0 Å². The number of nitro groups is 2. The fourth-order valence-electron chi connectivity index (χ4n) is 2.58. The van der Waals surface area contributed by atoms with E-state index in [0.29, 0.717) is 0 Å². The standard InChI is InChI=1S/C19H18ClN5O7/c1-10(2)16(21-17(26)12-6-7-14(20)15(9-12)25(31)32)19(28)23-22-18(27)11-4-3-5-13(8-11)24(29)30/h3-10,16H,1-2H3,(H,21,26)(H,22,27)(H,23,28). The molecule has 168 valence electrons. The maximum Gasteiger partial charge on any atom is 0.288 e. The number of nitrogens with one attached hydrogen (secondary N) is 3. The summed E-state index contributed by atoms with van der Waals surface area (Å²) in [6.45, 7) is 3.27. The van der Waals surface area contributed by atoms with Gasteiger partial charge in [0, 0.05) is 29.3 Å². The summed E-state index contributed by atoms with van der Waals surface area (Å²) in [5, 5.41) is 24.1. The molecule has 2 aromatic carbocycles. The van der Waals surface area contributed by atoms with Gasteiger partial charge in [-0.25, -0.2) is 0 Å². The molecular formula is C19H18ClN5O7. The Hall–Kier alpha value is -4.06. The number of hydrazine groups is 1. The molecule has 0 aliphatic rings. The van der Waals surface area contributed by atoms with Crippen molar-refractivity contribution in [2.24, 2.45) is 5.92 Å². The lowest BCUT2D eigenvalue weighted by Crippen LogP contribution is -2.54. The highest BCUT2D eigenvalue weighted by Gasteiger charge is 2.26. The molecule has 0 radical (unpaired) electrons. The number of non-ortho nitro benzene ring substituents is 1. The van der Waals surface area contributed by atoms with Gasteiger partial charge in [0.05, 0.1) is 9.85 Å². The average Bonchev–Trinajstić information content (AvgIpc) is 2.75. The Morgan fingerprint density at radius 1 is 0.906 bits per heavy atom. The topological polar surface area (TPSA) is 174 Å². The van der Waals surface area contributed by atoms with E-state index < -0.39 is 45.2 Å². The van der Waals surface area contributed by atoms with Gasteiger partial charge in [-0.15, -0.1) is 0 Å². The first kappa shape index (κ1) is 24.2. The van der Waals surface area contributed by atoms with E-state index in [4.69, 9.17) is 11.6 Å². The summed E-state index contributed by atoms with van der Waals surface area (Å²) in [5.41, 5.74) is 3.38. The first-order chi connectivity index (χ1) is 15.0. The van der Waals surface area contributed by atoms with Crippen molar-refractivity contribution in [3.05, 3.63) is 78.8 Å². The molecule has 0 bridgehead atoms. The molecule has 3 N–H and O–H groups in total. The molecule has 0 aromatic heterocycles. The van der Waals surface area contributed by atoms with E-state index >= 15 is 0 Å². The van der Waals surface area contributed by atoms with E-state index in [9.17, 15) is 34.6 Å². The van der Waals surface area contributed by atoms with E-state index in [-0.39, 0.29) is 21.8 Å². The van der Waals surface area contributed by atoms with Crippen molar-refractivity contribution in [3.63, 3.8) is 0 Å². The van der Waals surface area contributed by atoms with Gasteiger partial charge >= 0.3 is 0 Å². The summed E-state index contributed by atoms with van der Waals surface area (Å²) < 4.78 is 0. The Kier molecular flexibility index (Phi) is 7.80. The van der Waals surface area contributed by atoms with Gasteiger partial charge in [0.1, 0.15) is 11.1 Å². The average molecular weight is 464 g/mol. The summed E-state index contributed by atoms with van der Waals surface area (Å²) >= 11 is 5.74. The Morgan fingerprint density at radius 2 is 1.56 bits per heavy atom. The minimum atomic E-state index is -1.11. The van der Waals surface area contributed by atoms with E-state index in [1.165, 1.54) is 30.3 Å². The van der Waals surface area contributed by atoms with Crippen LogP contribution in [0.4, 0.5) is 11.4 Å². The Balaban J connectivity index is 2.08. The third kappa shape index (κ3) is 5.98. The number of rotatable bonds is 7. The van der Waals surface area contributed by atoms with E-state index in [1.807, 2.05) is 0 Å². The summed E-state index contributed by atoms with van der Waals surface area (Å²) in [5.74, 6) is -2.75. The molecule has 0 saturated heterocycles. The molecule has 0 aliphatic carbocycles. The van der Waals surface area contributed by atoms with Gasteiger partial charge in [0.2, 0.25) is 0 Å². The summed E-state index contributed by atoms with van der Waals surface area (Å²) in [6.07, 6.45) is 0. The molecule has 1 unspecified atom stereocenters. The monoisotopic (exact) mass is 463 g/mol. The normalized spacial score (nSPS) is 11.4. The van der Waals surface area contributed by atoms with Crippen molar-refractivity contribution in [1.82, 2.24) is 16.2 Å². The van der Waals surface area contributed by atoms with Crippen LogP contribution in [-0.2, 0) is 4.79 Å².